The van der Waals surface area contributed by atoms with E-state index in [-0.39, 0.29) is 17.8 Å². The number of rotatable bonds is 4. The van der Waals surface area contributed by atoms with E-state index in [2.05, 4.69) is 54.2 Å². The van der Waals surface area contributed by atoms with Gasteiger partial charge in [0.05, 0.1) is 29.7 Å². The Kier molecular flexibility index (Phi) is 19.7. The number of primary amides is 2. The van der Waals surface area contributed by atoms with Gasteiger partial charge in [0.2, 0.25) is 10.0 Å². The Morgan fingerprint density at radius 1 is 1.11 bits per heavy atom. The molecule has 0 bridgehead atoms. The minimum absolute atomic E-state index is 0. The van der Waals surface area contributed by atoms with E-state index < -0.39 is 20.5 Å². The van der Waals surface area contributed by atoms with E-state index in [1.54, 1.807) is 49.5 Å². The number of primary sulfonamides is 1. The Morgan fingerprint density at radius 2 is 1.59 bits per heavy atom. The van der Waals surface area contributed by atoms with Gasteiger partial charge in [0.25, 0.3) is 10.5 Å². The topological polar surface area (TPSA) is 205 Å². The van der Waals surface area contributed by atoms with Gasteiger partial charge in [-0.15, -0.1) is 12.3 Å². The molecule has 0 aliphatic heterocycles. The molecule has 2 aromatic carbocycles. The highest BCUT2D eigenvalue weighted by Gasteiger charge is 2.18. The van der Waals surface area contributed by atoms with E-state index in [9.17, 15) is 8.42 Å². The van der Waals surface area contributed by atoms with E-state index >= 15 is 0 Å². The summed E-state index contributed by atoms with van der Waals surface area (Å²) in [6.45, 7) is 1.65. The average Bonchev–Trinajstić information content (AvgIpc) is 3.23. The standard InChI is InChI=1S/C16H14ClN3O3S.C3H4.2CH3NOS.CH4.H2O/c1-23-15-7-6-11(10-12(15)17)13-8-9-19-20(13)14-4-2-3-5-16(14)24(18,21)22;1-3-2;2*2-1(3)4;;/h2-10H,1H3,(H2,18,21,22);1H,2H3;2*(H3,2,3,4);1H4;1H2. The first-order valence-corrected chi connectivity index (χ1v) is 12.0. The monoisotopic (exact) mass is 591 g/mol. The number of carbonyl (C=O) groups excluding carboxylic acids is 2. The van der Waals surface area contributed by atoms with Gasteiger partial charge in [0.15, 0.2) is 0 Å². The Labute approximate surface area is 232 Å². The van der Waals surface area contributed by atoms with Crippen molar-refractivity contribution in [2.24, 2.45) is 16.6 Å². The molecule has 0 spiro atoms. The Hall–Kier alpha value is -3.19. The second-order valence-electron chi connectivity index (χ2n) is 5.96. The Bertz CT molecular complexity index is 1270. The second-order valence-corrected chi connectivity index (χ2v) is 8.77. The zero-order valence-electron chi connectivity index (χ0n) is 19.1. The molecule has 0 aliphatic carbocycles. The number of terminal acetylenes is 1. The number of carbonyl (C=O) groups is 2. The predicted octanol–water partition coefficient (Wildman–Crippen LogP) is 3.29. The number of ether oxygens (including phenoxy) is 1. The van der Waals surface area contributed by atoms with Crippen LogP contribution in [0.5, 0.6) is 5.75 Å². The van der Waals surface area contributed by atoms with E-state index in [1.807, 2.05) is 6.07 Å². The van der Waals surface area contributed by atoms with Crippen molar-refractivity contribution in [1.29, 1.82) is 0 Å². The molecule has 1 aromatic heterocycles. The first kappa shape index (κ1) is 38.3. The third-order valence-corrected chi connectivity index (χ3v) is 4.74. The zero-order valence-corrected chi connectivity index (χ0v) is 22.5. The summed E-state index contributed by atoms with van der Waals surface area (Å²) >= 11 is 12.4. The second kappa shape index (κ2) is 19.0. The van der Waals surface area contributed by atoms with Crippen LogP contribution in [0.3, 0.4) is 0 Å². The lowest BCUT2D eigenvalue weighted by atomic mass is 10.1. The van der Waals surface area contributed by atoms with Crippen LogP contribution in [0.25, 0.3) is 16.9 Å². The van der Waals surface area contributed by atoms with Gasteiger partial charge in [-0.3, -0.25) is 9.59 Å². The number of hydrogen-bond donors (Lipinski definition) is 5. The number of hydrogen-bond acceptors (Lipinski definition) is 6. The van der Waals surface area contributed by atoms with Gasteiger partial charge >= 0.3 is 0 Å². The van der Waals surface area contributed by atoms with Gasteiger partial charge in [-0.05, 0) is 43.3 Å². The predicted molar refractivity (Wildman–Crippen MR) is 154 cm³/mol. The van der Waals surface area contributed by atoms with Crippen LogP contribution in [0.15, 0.2) is 59.6 Å². The van der Waals surface area contributed by atoms with Crippen LogP contribution in [-0.4, -0.2) is 41.3 Å². The fraction of sp³-hybridized carbons (Fsp3) is 0.136. The van der Waals surface area contributed by atoms with Crippen molar-refractivity contribution in [3.63, 3.8) is 0 Å². The number of amides is 2. The molecule has 204 valence electrons. The number of thiol groups is 2. The fourth-order valence-electron chi connectivity index (χ4n) is 2.41. The average molecular weight is 592 g/mol. The maximum absolute atomic E-state index is 11.8. The van der Waals surface area contributed by atoms with Gasteiger partial charge < -0.3 is 21.7 Å². The summed E-state index contributed by atoms with van der Waals surface area (Å²) in [4.78, 5) is 18.2. The van der Waals surface area contributed by atoms with Crippen LogP contribution in [-0.2, 0) is 10.0 Å². The molecule has 8 N–H and O–H groups in total. The number of nitrogens with zero attached hydrogens (tertiary/aromatic N) is 2. The number of methoxy groups -OCH3 is 1. The number of para-hydroxylation sites is 1. The quantitative estimate of drug-likeness (QED) is 0.227. The zero-order chi connectivity index (χ0) is 27.2. The fourth-order valence-corrected chi connectivity index (χ4v) is 3.38. The molecule has 3 aromatic rings. The third kappa shape index (κ3) is 14.2. The number of benzene rings is 2. The van der Waals surface area contributed by atoms with Crippen molar-refractivity contribution >= 4 is 57.4 Å². The van der Waals surface area contributed by atoms with Crippen molar-refractivity contribution < 1.29 is 28.2 Å². The van der Waals surface area contributed by atoms with Crippen LogP contribution < -0.4 is 21.3 Å². The first-order chi connectivity index (χ1) is 16.3. The van der Waals surface area contributed by atoms with Crippen molar-refractivity contribution in [2.75, 3.05) is 7.11 Å². The Morgan fingerprint density at radius 3 is 2.03 bits per heavy atom. The molecule has 0 aliphatic rings. The van der Waals surface area contributed by atoms with Crippen molar-refractivity contribution in [3.8, 4) is 35.0 Å². The van der Waals surface area contributed by atoms with E-state index in [0.29, 0.717) is 22.2 Å². The molecular weight excluding hydrogens is 562 g/mol. The minimum Gasteiger partial charge on any atom is -0.495 e. The Balaban J connectivity index is -0.000000762. The van der Waals surface area contributed by atoms with Crippen molar-refractivity contribution in [2.45, 2.75) is 19.2 Å². The third-order valence-electron chi connectivity index (χ3n) is 3.49. The summed E-state index contributed by atoms with van der Waals surface area (Å²) in [6.07, 6.45) is 6.17. The normalized spacial score (nSPS) is 9.00. The molecule has 0 radical (unpaired) electrons. The lowest BCUT2D eigenvalue weighted by Crippen LogP contribution is -2.16. The maximum atomic E-state index is 11.8. The molecule has 2 amide bonds. The highest BCUT2D eigenvalue weighted by Crippen LogP contribution is 2.32. The number of halogens is 1. The van der Waals surface area contributed by atoms with Crippen LogP contribution in [0.1, 0.15) is 14.4 Å². The molecule has 1 heterocycles. The molecule has 0 atom stereocenters. The molecule has 15 heteroatoms. The van der Waals surface area contributed by atoms with Crippen LogP contribution in [0, 0.1) is 12.3 Å². The minimum atomic E-state index is -3.88. The lowest BCUT2D eigenvalue weighted by molar-refractivity contribution is 0.266. The molecule has 0 saturated carbocycles. The number of sulfonamides is 1. The van der Waals surface area contributed by atoms with Gasteiger partial charge in [-0.1, -0.05) is 56.4 Å². The smallest absolute Gasteiger partial charge is 0.273 e. The summed E-state index contributed by atoms with van der Waals surface area (Å²) in [6, 6.07) is 13.5. The summed E-state index contributed by atoms with van der Waals surface area (Å²) in [7, 11) is -2.35. The molecule has 0 unspecified atom stereocenters. The summed E-state index contributed by atoms with van der Waals surface area (Å²) in [5.41, 5.74) is 10.5. The summed E-state index contributed by atoms with van der Waals surface area (Å²) in [5, 5.41) is 8.71. The first-order valence-electron chi connectivity index (χ1n) is 9.14. The SMILES string of the molecule is C.C#CC.COc1ccc(-c2ccnn2-c2ccccc2S(N)(=O)=O)cc1Cl.NC(=O)S.NC(=O)S.O. The molecular formula is C22H30ClN5O6S3. The molecule has 11 nitrogen and oxygen atoms in total. The largest absolute Gasteiger partial charge is 0.495 e. The number of nitrogens with two attached hydrogens (primary N) is 3. The highest BCUT2D eigenvalue weighted by molar-refractivity contribution is 7.96. The van der Waals surface area contributed by atoms with Gasteiger partial charge in [0, 0.05) is 5.56 Å². The molecule has 0 saturated heterocycles. The van der Waals surface area contributed by atoms with Gasteiger partial charge in [-0.2, -0.15) is 5.10 Å². The maximum Gasteiger partial charge on any atom is 0.273 e. The van der Waals surface area contributed by atoms with Crippen LogP contribution in [0.2, 0.25) is 5.02 Å². The van der Waals surface area contributed by atoms with E-state index in [0.717, 1.165) is 5.56 Å². The van der Waals surface area contributed by atoms with E-state index in [1.165, 1.54) is 17.9 Å². The van der Waals surface area contributed by atoms with Gasteiger partial charge in [0.1, 0.15) is 10.6 Å². The molecule has 3 rings (SSSR count). The van der Waals surface area contributed by atoms with Crippen LogP contribution >= 0.6 is 36.9 Å². The van der Waals surface area contributed by atoms with Gasteiger partial charge in [-0.25, -0.2) is 18.2 Å². The molecule has 0 fully saturated rings. The highest BCUT2D eigenvalue weighted by atomic mass is 35.5. The number of aromatic nitrogens is 2. The van der Waals surface area contributed by atoms with Crippen LogP contribution in [0.4, 0.5) is 9.59 Å². The summed E-state index contributed by atoms with van der Waals surface area (Å²) < 4.78 is 30.3. The summed E-state index contributed by atoms with van der Waals surface area (Å²) in [5.74, 6) is 2.80. The van der Waals surface area contributed by atoms with Crippen molar-refractivity contribution in [3.05, 3.63) is 59.8 Å². The lowest BCUT2D eigenvalue weighted by Gasteiger charge is -2.12. The van der Waals surface area contributed by atoms with Crippen molar-refractivity contribution in [1.82, 2.24) is 9.78 Å². The molecule has 37 heavy (non-hydrogen) atoms. The van der Waals surface area contributed by atoms with E-state index in [4.69, 9.17) is 31.1 Å².